The highest BCUT2D eigenvalue weighted by molar-refractivity contribution is 6.34. The zero-order valence-corrected chi connectivity index (χ0v) is 9.32. The smallest absolute Gasteiger partial charge is 0.349 e. The van der Waals surface area contributed by atoms with E-state index in [0.29, 0.717) is 6.42 Å². The molecule has 15 heavy (non-hydrogen) atoms. The number of ether oxygens (including phenoxy) is 1. The molecule has 0 aliphatic heterocycles. The quantitative estimate of drug-likeness (QED) is 0.534. The van der Waals surface area contributed by atoms with Crippen molar-refractivity contribution in [3.8, 4) is 0 Å². The van der Waals surface area contributed by atoms with Crippen LogP contribution in [0.1, 0.15) is 33.6 Å². The first kappa shape index (κ1) is 13.6. The SMILES string of the molecule is CCC[C@H](N=C(C)C(=O)O)C(=O)OCC. The van der Waals surface area contributed by atoms with E-state index in [1.54, 1.807) is 6.92 Å². The first-order valence-electron chi connectivity index (χ1n) is 4.97. The lowest BCUT2D eigenvalue weighted by atomic mass is 10.2. The Hall–Kier alpha value is -1.39. The Labute approximate surface area is 89.1 Å². The van der Waals surface area contributed by atoms with Gasteiger partial charge in [-0.2, -0.15) is 0 Å². The molecule has 0 saturated carbocycles. The lowest BCUT2D eigenvalue weighted by Crippen LogP contribution is -2.24. The predicted molar refractivity (Wildman–Crippen MR) is 56.1 cm³/mol. The fraction of sp³-hybridized carbons (Fsp3) is 0.700. The molecule has 5 nitrogen and oxygen atoms in total. The molecule has 0 heterocycles. The summed E-state index contributed by atoms with van der Waals surface area (Å²) in [6, 6.07) is -0.689. The van der Waals surface area contributed by atoms with E-state index >= 15 is 0 Å². The largest absolute Gasteiger partial charge is 0.477 e. The molecule has 1 atom stereocenters. The second kappa shape index (κ2) is 6.98. The van der Waals surface area contributed by atoms with E-state index in [-0.39, 0.29) is 12.3 Å². The van der Waals surface area contributed by atoms with Crippen LogP contribution in [0.3, 0.4) is 0 Å². The summed E-state index contributed by atoms with van der Waals surface area (Å²) in [7, 11) is 0. The Kier molecular flexibility index (Phi) is 6.33. The summed E-state index contributed by atoms with van der Waals surface area (Å²) < 4.78 is 4.80. The van der Waals surface area contributed by atoms with Crippen molar-refractivity contribution in [2.45, 2.75) is 39.7 Å². The average Bonchev–Trinajstić information content (AvgIpc) is 2.17. The topological polar surface area (TPSA) is 76.0 Å². The van der Waals surface area contributed by atoms with Crippen LogP contribution in [-0.4, -0.2) is 35.4 Å². The number of carboxylic acids is 1. The van der Waals surface area contributed by atoms with Crippen molar-refractivity contribution in [3.63, 3.8) is 0 Å². The maximum Gasteiger partial charge on any atom is 0.349 e. The monoisotopic (exact) mass is 215 g/mol. The van der Waals surface area contributed by atoms with Crippen LogP contribution < -0.4 is 0 Å². The number of carboxylic acid groups (broad SMARTS) is 1. The summed E-state index contributed by atoms with van der Waals surface area (Å²) in [6.45, 7) is 5.25. The zero-order valence-electron chi connectivity index (χ0n) is 9.32. The van der Waals surface area contributed by atoms with Crippen LogP contribution in [0.2, 0.25) is 0 Å². The summed E-state index contributed by atoms with van der Waals surface area (Å²) in [4.78, 5) is 25.7. The van der Waals surface area contributed by atoms with Crippen LogP contribution in [0.25, 0.3) is 0 Å². The highest BCUT2D eigenvalue weighted by Gasteiger charge is 2.19. The molecule has 0 aromatic rings. The van der Waals surface area contributed by atoms with E-state index in [9.17, 15) is 9.59 Å². The minimum absolute atomic E-state index is 0.0681. The Balaban J connectivity index is 4.59. The summed E-state index contributed by atoms with van der Waals surface area (Å²) in [5.41, 5.74) is -0.0681. The van der Waals surface area contributed by atoms with Crippen LogP contribution in [-0.2, 0) is 14.3 Å². The Morgan fingerprint density at radius 3 is 2.40 bits per heavy atom. The van der Waals surface area contributed by atoms with Crippen molar-refractivity contribution < 1.29 is 19.4 Å². The third-order valence-corrected chi connectivity index (χ3v) is 1.78. The van der Waals surface area contributed by atoms with Gasteiger partial charge in [0.15, 0.2) is 0 Å². The van der Waals surface area contributed by atoms with Gasteiger partial charge in [-0.25, -0.2) is 9.59 Å². The first-order chi connectivity index (χ1) is 7.02. The van der Waals surface area contributed by atoms with Gasteiger partial charge < -0.3 is 9.84 Å². The van der Waals surface area contributed by atoms with Gasteiger partial charge in [0.2, 0.25) is 0 Å². The van der Waals surface area contributed by atoms with Crippen molar-refractivity contribution in [2.24, 2.45) is 4.99 Å². The maximum absolute atomic E-state index is 11.4. The third kappa shape index (κ3) is 5.15. The fourth-order valence-corrected chi connectivity index (χ4v) is 1.04. The molecule has 0 saturated heterocycles. The Morgan fingerprint density at radius 1 is 1.40 bits per heavy atom. The standard InChI is InChI=1S/C10H17NO4/c1-4-6-8(10(14)15-5-2)11-7(3)9(12)13/h8H,4-6H2,1-3H3,(H,12,13)/t8-/m0/s1. The highest BCUT2D eigenvalue weighted by Crippen LogP contribution is 2.05. The lowest BCUT2D eigenvalue weighted by molar-refractivity contribution is -0.144. The molecular weight excluding hydrogens is 198 g/mol. The summed E-state index contributed by atoms with van der Waals surface area (Å²) in [6.07, 6.45) is 1.25. The average molecular weight is 215 g/mol. The Morgan fingerprint density at radius 2 is 2.00 bits per heavy atom. The molecule has 0 bridgehead atoms. The van der Waals surface area contributed by atoms with E-state index in [2.05, 4.69) is 4.99 Å². The highest BCUT2D eigenvalue weighted by atomic mass is 16.5. The molecule has 0 aromatic carbocycles. The maximum atomic E-state index is 11.4. The molecule has 86 valence electrons. The van der Waals surface area contributed by atoms with Gasteiger partial charge in [0.05, 0.1) is 6.61 Å². The molecule has 0 aliphatic carbocycles. The number of carbonyl (C=O) groups is 2. The van der Waals surface area contributed by atoms with Gasteiger partial charge in [-0.05, 0) is 20.3 Å². The van der Waals surface area contributed by atoms with Crippen LogP contribution in [0.15, 0.2) is 4.99 Å². The van der Waals surface area contributed by atoms with E-state index in [1.165, 1.54) is 6.92 Å². The molecule has 0 rings (SSSR count). The van der Waals surface area contributed by atoms with Crippen molar-refractivity contribution >= 4 is 17.7 Å². The normalized spacial score (nSPS) is 13.4. The second-order valence-corrected chi connectivity index (χ2v) is 3.08. The van der Waals surface area contributed by atoms with Crippen LogP contribution >= 0.6 is 0 Å². The third-order valence-electron chi connectivity index (χ3n) is 1.78. The number of rotatable bonds is 6. The number of carbonyl (C=O) groups excluding carboxylic acids is 1. The van der Waals surface area contributed by atoms with Crippen molar-refractivity contribution in [1.82, 2.24) is 0 Å². The molecule has 0 fully saturated rings. The van der Waals surface area contributed by atoms with Crippen molar-refractivity contribution in [3.05, 3.63) is 0 Å². The minimum Gasteiger partial charge on any atom is -0.477 e. The summed E-state index contributed by atoms with van der Waals surface area (Å²) in [5, 5.41) is 8.63. The number of hydrogen-bond donors (Lipinski definition) is 1. The molecule has 0 amide bonds. The van der Waals surface area contributed by atoms with E-state index < -0.39 is 18.0 Å². The zero-order chi connectivity index (χ0) is 11.8. The molecule has 0 aliphatic rings. The first-order valence-corrected chi connectivity index (χ1v) is 4.97. The number of nitrogens with zero attached hydrogens (tertiary/aromatic N) is 1. The molecular formula is C10H17NO4. The summed E-state index contributed by atoms with van der Waals surface area (Å²) >= 11 is 0. The predicted octanol–water partition coefficient (Wildman–Crippen LogP) is 1.26. The lowest BCUT2D eigenvalue weighted by Gasteiger charge is -2.10. The van der Waals surface area contributed by atoms with Crippen LogP contribution in [0.4, 0.5) is 0 Å². The van der Waals surface area contributed by atoms with E-state index in [0.717, 1.165) is 6.42 Å². The van der Waals surface area contributed by atoms with Gasteiger partial charge in [-0.15, -0.1) is 0 Å². The fourth-order valence-electron chi connectivity index (χ4n) is 1.04. The molecule has 1 N–H and O–H groups in total. The van der Waals surface area contributed by atoms with Crippen molar-refractivity contribution in [2.75, 3.05) is 6.61 Å². The van der Waals surface area contributed by atoms with Gasteiger partial charge in [0.1, 0.15) is 11.8 Å². The van der Waals surface area contributed by atoms with Crippen LogP contribution in [0.5, 0.6) is 0 Å². The van der Waals surface area contributed by atoms with Crippen molar-refractivity contribution in [1.29, 1.82) is 0 Å². The number of hydrogen-bond acceptors (Lipinski definition) is 4. The molecule has 5 heteroatoms. The summed E-state index contributed by atoms with van der Waals surface area (Å²) in [5.74, 6) is -1.57. The molecule has 0 spiro atoms. The van der Waals surface area contributed by atoms with Gasteiger partial charge in [-0.1, -0.05) is 13.3 Å². The Bertz CT molecular complexity index is 260. The minimum atomic E-state index is -1.11. The van der Waals surface area contributed by atoms with Gasteiger partial charge in [0, 0.05) is 0 Å². The van der Waals surface area contributed by atoms with Gasteiger partial charge >= 0.3 is 11.9 Å². The molecule has 0 radical (unpaired) electrons. The number of aliphatic imine (C=N–C) groups is 1. The second-order valence-electron chi connectivity index (χ2n) is 3.08. The van der Waals surface area contributed by atoms with E-state index in [1.807, 2.05) is 6.92 Å². The van der Waals surface area contributed by atoms with E-state index in [4.69, 9.17) is 9.84 Å². The van der Waals surface area contributed by atoms with Gasteiger partial charge in [-0.3, -0.25) is 4.99 Å². The number of esters is 1. The number of aliphatic carboxylic acids is 1. The van der Waals surface area contributed by atoms with Gasteiger partial charge in [0.25, 0.3) is 0 Å². The van der Waals surface area contributed by atoms with Crippen LogP contribution in [0, 0.1) is 0 Å². The molecule has 0 aromatic heterocycles. The molecule has 0 unspecified atom stereocenters.